The number of aliphatic hydroxyl groups is 1. The molecule has 0 aliphatic carbocycles. The fourth-order valence-electron chi connectivity index (χ4n) is 4.21. The molecule has 25 heavy (non-hydrogen) atoms. The van der Waals surface area contributed by atoms with Crippen molar-refractivity contribution in [3.05, 3.63) is 35.9 Å². The predicted molar refractivity (Wildman–Crippen MR) is 96.0 cm³/mol. The molecule has 136 valence electrons. The minimum Gasteiger partial charge on any atom is -0.395 e. The second-order valence-corrected chi connectivity index (χ2v) is 7.43. The smallest absolute Gasteiger partial charge is 0.227 e. The second-order valence-electron chi connectivity index (χ2n) is 7.43. The maximum atomic E-state index is 12.9. The summed E-state index contributed by atoms with van der Waals surface area (Å²) < 4.78 is 0. The molecule has 0 radical (unpaired) electrons. The van der Waals surface area contributed by atoms with Crippen molar-refractivity contribution >= 4 is 11.8 Å². The molecule has 1 atom stereocenters. The van der Waals surface area contributed by atoms with E-state index in [0.717, 1.165) is 37.8 Å². The van der Waals surface area contributed by atoms with Gasteiger partial charge in [-0.2, -0.15) is 0 Å². The summed E-state index contributed by atoms with van der Waals surface area (Å²) in [5.74, 6) is 0.154. The number of hydrogen-bond acceptors (Lipinski definition) is 3. The molecule has 2 saturated heterocycles. The van der Waals surface area contributed by atoms with Gasteiger partial charge in [-0.1, -0.05) is 30.3 Å². The van der Waals surface area contributed by atoms with E-state index in [-0.39, 0.29) is 29.8 Å². The Balaban J connectivity index is 1.63. The van der Waals surface area contributed by atoms with Gasteiger partial charge in [-0.15, -0.1) is 0 Å². The fourth-order valence-corrected chi connectivity index (χ4v) is 4.21. The van der Waals surface area contributed by atoms with Crippen molar-refractivity contribution in [1.82, 2.24) is 9.80 Å². The molecule has 5 nitrogen and oxygen atoms in total. The monoisotopic (exact) mass is 344 g/mol. The highest BCUT2D eigenvalue weighted by Gasteiger charge is 2.39. The van der Waals surface area contributed by atoms with E-state index in [0.29, 0.717) is 19.6 Å². The predicted octanol–water partition coefficient (Wildman–Crippen LogP) is 1.80. The van der Waals surface area contributed by atoms with Gasteiger partial charge in [0.1, 0.15) is 0 Å². The van der Waals surface area contributed by atoms with Crippen LogP contribution in [0.15, 0.2) is 30.3 Å². The van der Waals surface area contributed by atoms with Crippen molar-refractivity contribution in [2.45, 2.75) is 38.0 Å². The molecule has 0 spiro atoms. The van der Waals surface area contributed by atoms with Crippen molar-refractivity contribution in [3.8, 4) is 0 Å². The Hall–Kier alpha value is -1.88. The number of benzene rings is 1. The maximum absolute atomic E-state index is 12.9. The van der Waals surface area contributed by atoms with E-state index < -0.39 is 0 Å². The highest BCUT2D eigenvalue weighted by molar-refractivity contribution is 5.81. The molecule has 0 aromatic heterocycles. The summed E-state index contributed by atoms with van der Waals surface area (Å²) in [5, 5.41) is 10.0. The Morgan fingerprint density at radius 3 is 2.40 bits per heavy atom. The minimum atomic E-state index is -0.240. The van der Waals surface area contributed by atoms with Crippen LogP contribution in [0, 0.1) is 5.92 Å². The second kappa shape index (κ2) is 7.56. The number of hydrogen-bond donors (Lipinski definition) is 1. The molecule has 1 unspecified atom stereocenters. The van der Waals surface area contributed by atoms with Crippen LogP contribution in [-0.2, 0) is 15.0 Å². The lowest BCUT2D eigenvalue weighted by Crippen LogP contribution is -2.51. The van der Waals surface area contributed by atoms with Gasteiger partial charge in [-0.3, -0.25) is 9.59 Å². The van der Waals surface area contributed by atoms with Crippen molar-refractivity contribution in [1.29, 1.82) is 0 Å². The maximum Gasteiger partial charge on any atom is 0.227 e. The Bertz CT molecular complexity index is 609. The van der Waals surface area contributed by atoms with Crippen LogP contribution >= 0.6 is 0 Å². The molecule has 2 fully saturated rings. The van der Waals surface area contributed by atoms with Crippen LogP contribution in [-0.4, -0.2) is 59.5 Å². The van der Waals surface area contributed by atoms with Crippen LogP contribution < -0.4 is 0 Å². The quantitative estimate of drug-likeness (QED) is 0.909. The minimum absolute atomic E-state index is 0.0551. The molecule has 2 amide bonds. The summed E-state index contributed by atoms with van der Waals surface area (Å²) in [5.41, 5.74) is 0.917. The van der Waals surface area contributed by atoms with Gasteiger partial charge >= 0.3 is 0 Å². The summed E-state index contributed by atoms with van der Waals surface area (Å²) in [7, 11) is 0. The van der Waals surface area contributed by atoms with E-state index in [2.05, 4.69) is 12.1 Å². The third kappa shape index (κ3) is 3.71. The zero-order valence-corrected chi connectivity index (χ0v) is 15.0. The lowest BCUT2D eigenvalue weighted by Gasteiger charge is -2.43. The number of aliphatic hydroxyl groups excluding tert-OH is 1. The molecular weight excluding hydrogens is 316 g/mol. The highest BCUT2D eigenvalue weighted by atomic mass is 16.3. The first-order valence-corrected chi connectivity index (χ1v) is 9.26. The summed E-state index contributed by atoms with van der Waals surface area (Å²) in [4.78, 5) is 28.2. The molecule has 2 aliphatic heterocycles. The lowest BCUT2D eigenvalue weighted by atomic mass is 9.73. The van der Waals surface area contributed by atoms with Crippen molar-refractivity contribution in [2.24, 2.45) is 5.92 Å². The van der Waals surface area contributed by atoms with Gasteiger partial charge < -0.3 is 14.9 Å². The standard InChI is InChI=1S/C20H28N2O3/c1-16(24)22-11-5-6-17(14-22)19(25)21-12-9-20(15-23,10-13-21)18-7-3-2-4-8-18/h2-4,7-8,17,23H,5-6,9-15H2,1H3. The molecule has 3 rings (SSSR count). The van der Waals surface area contributed by atoms with Gasteiger partial charge in [-0.25, -0.2) is 0 Å². The van der Waals surface area contributed by atoms with Crippen molar-refractivity contribution in [3.63, 3.8) is 0 Å². The lowest BCUT2D eigenvalue weighted by molar-refractivity contribution is -0.141. The molecule has 1 N–H and O–H groups in total. The molecule has 1 aromatic carbocycles. The van der Waals surface area contributed by atoms with Crippen molar-refractivity contribution in [2.75, 3.05) is 32.8 Å². The van der Waals surface area contributed by atoms with E-state index in [1.807, 2.05) is 23.1 Å². The first-order chi connectivity index (χ1) is 12.1. The first kappa shape index (κ1) is 17.9. The van der Waals surface area contributed by atoms with Crippen molar-refractivity contribution < 1.29 is 14.7 Å². The molecule has 1 aromatic rings. The molecular formula is C20H28N2O3. The van der Waals surface area contributed by atoms with Crippen LogP contribution in [0.1, 0.15) is 38.2 Å². The topological polar surface area (TPSA) is 60.9 Å². The Morgan fingerprint density at radius 1 is 1.12 bits per heavy atom. The van der Waals surface area contributed by atoms with E-state index in [1.165, 1.54) is 0 Å². The third-order valence-corrected chi connectivity index (χ3v) is 5.94. The van der Waals surface area contributed by atoms with Crippen LogP contribution in [0.4, 0.5) is 0 Å². The molecule has 2 aliphatic rings. The number of carbonyl (C=O) groups excluding carboxylic acids is 2. The Morgan fingerprint density at radius 2 is 1.80 bits per heavy atom. The molecule has 0 bridgehead atoms. The van der Waals surface area contributed by atoms with Gasteiger partial charge in [0, 0.05) is 38.5 Å². The first-order valence-electron chi connectivity index (χ1n) is 9.26. The largest absolute Gasteiger partial charge is 0.395 e. The average Bonchev–Trinajstić information content (AvgIpc) is 2.68. The third-order valence-electron chi connectivity index (χ3n) is 5.94. The number of piperidine rings is 2. The molecule has 2 heterocycles. The summed E-state index contributed by atoms with van der Waals surface area (Å²) in [6, 6.07) is 10.1. The van der Waals surface area contributed by atoms with E-state index in [4.69, 9.17) is 0 Å². The summed E-state index contributed by atoms with van der Waals surface area (Å²) in [6.07, 6.45) is 3.32. The van der Waals surface area contributed by atoms with Gasteiger partial charge in [0.25, 0.3) is 0 Å². The number of rotatable bonds is 3. The van der Waals surface area contributed by atoms with Crippen LogP contribution in [0.2, 0.25) is 0 Å². The van der Waals surface area contributed by atoms with Gasteiger partial charge in [0.15, 0.2) is 0 Å². The summed E-state index contributed by atoms with van der Waals surface area (Å²) in [6.45, 7) is 4.34. The van der Waals surface area contributed by atoms with Crippen LogP contribution in [0.25, 0.3) is 0 Å². The number of amides is 2. The number of likely N-dealkylation sites (tertiary alicyclic amines) is 2. The number of nitrogens with zero attached hydrogens (tertiary/aromatic N) is 2. The molecule has 5 heteroatoms. The van der Waals surface area contributed by atoms with E-state index >= 15 is 0 Å². The van der Waals surface area contributed by atoms with Gasteiger partial charge in [-0.05, 0) is 31.2 Å². The Kier molecular flexibility index (Phi) is 5.42. The van der Waals surface area contributed by atoms with Gasteiger partial charge in [0.05, 0.1) is 12.5 Å². The normalized spacial score (nSPS) is 23.4. The van der Waals surface area contributed by atoms with Gasteiger partial charge in [0.2, 0.25) is 11.8 Å². The van der Waals surface area contributed by atoms with E-state index in [9.17, 15) is 14.7 Å². The summed E-state index contributed by atoms with van der Waals surface area (Å²) >= 11 is 0. The van der Waals surface area contributed by atoms with Crippen LogP contribution in [0.5, 0.6) is 0 Å². The zero-order chi connectivity index (χ0) is 17.9. The average molecular weight is 344 g/mol. The Labute approximate surface area is 149 Å². The molecule has 0 saturated carbocycles. The highest BCUT2D eigenvalue weighted by Crippen LogP contribution is 2.35. The van der Waals surface area contributed by atoms with E-state index in [1.54, 1.807) is 11.8 Å². The number of carbonyl (C=O) groups is 2. The van der Waals surface area contributed by atoms with Crippen LogP contribution in [0.3, 0.4) is 0 Å². The fraction of sp³-hybridized carbons (Fsp3) is 0.600. The SMILES string of the molecule is CC(=O)N1CCCC(C(=O)N2CCC(CO)(c3ccccc3)CC2)C1. The zero-order valence-electron chi connectivity index (χ0n) is 15.0.